The molecule has 1 heterocycles. The van der Waals surface area contributed by atoms with Crippen molar-refractivity contribution in [3.8, 4) is 0 Å². The van der Waals surface area contributed by atoms with Gasteiger partial charge in [0.05, 0.1) is 17.2 Å². The van der Waals surface area contributed by atoms with E-state index in [0.717, 1.165) is 38.5 Å². The first kappa shape index (κ1) is 13.8. The molecule has 100 valence electrons. The van der Waals surface area contributed by atoms with Crippen molar-refractivity contribution in [2.45, 2.75) is 13.0 Å². The Balaban J connectivity index is 1.85. The molecule has 3 nitrogen and oxygen atoms in total. The van der Waals surface area contributed by atoms with Crippen LogP contribution in [-0.2, 0) is 4.74 Å². The molecule has 0 aromatic heterocycles. The predicted octanol–water partition coefficient (Wildman–Crippen LogP) is 2.72. The minimum absolute atomic E-state index is 0.197. The lowest BCUT2D eigenvalue weighted by Crippen LogP contribution is -2.45. The summed E-state index contributed by atoms with van der Waals surface area (Å²) in [6.07, 6.45) is 0.197. The van der Waals surface area contributed by atoms with Crippen LogP contribution in [0.15, 0.2) is 22.7 Å². The molecule has 5 heteroatoms. The summed E-state index contributed by atoms with van der Waals surface area (Å²) < 4.78 is 19.3. The summed E-state index contributed by atoms with van der Waals surface area (Å²) in [4.78, 5) is 2.37. The van der Waals surface area contributed by atoms with Crippen LogP contribution in [0.2, 0.25) is 0 Å². The van der Waals surface area contributed by atoms with E-state index in [0.29, 0.717) is 4.47 Å². The van der Waals surface area contributed by atoms with Crippen LogP contribution in [-0.4, -0.2) is 43.8 Å². The summed E-state index contributed by atoms with van der Waals surface area (Å²) in [5.74, 6) is -0.244. The molecule has 1 saturated heterocycles. The van der Waals surface area contributed by atoms with Crippen molar-refractivity contribution >= 4 is 21.6 Å². The third kappa shape index (κ3) is 3.67. The Morgan fingerprint density at radius 2 is 2.39 bits per heavy atom. The SMILES string of the molecule is CCN1CCOC(CNc2ccc(F)c(Br)c2)C1. The van der Waals surface area contributed by atoms with Gasteiger partial charge in [0.15, 0.2) is 0 Å². The molecule has 1 atom stereocenters. The van der Waals surface area contributed by atoms with Crippen molar-refractivity contribution in [2.75, 3.05) is 38.1 Å². The van der Waals surface area contributed by atoms with Crippen LogP contribution in [0.5, 0.6) is 0 Å². The average molecular weight is 317 g/mol. The van der Waals surface area contributed by atoms with Crippen LogP contribution < -0.4 is 5.32 Å². The van der Waals surface area contributed by atoms with Gasteiger partial charge in [-0.15, -0.1) is 0 Å². The second kappa shape index (κ2) is 6.50. The molecule has 0 aliphatic carbocycles. The van der Waals surface area contributed by atoms with Crippen molar-refractivity contribution in [1.82, 2.24) is 4.90 Å². The Morgan fingerprint density at radius 3 is 3.11 bits per heavy atom. The molecule has 0 saturated carbocycles. The number of anilines is 1. The van der Waals surface area contributed by atoms with Crippen molar-refractivity contribution in [3.63, 3.8) is 0 Å². The maximum atomic E-state index is 13.1. The number of halogens is 2. The molecule has 0 radical (unpaired) electrons. The molecular formula is C13H18BrFN2O. The molecule has 1 aromatic rings. The van der Waals surface area contributed by atoms with E-state index < -0.39 is 0 Å². The Hall–Kier alpha value is -0.650. The Bertz CT molecular complexity index is 403. The first-order chi connectivity index (χ1) is 8.69. The molecule has 0 bridgehead atoms. The van der Waals surface area contributed by atoms with E-state index in [1.165, 1.54) is 6.07 Å². The van der Waals surface area contributed by atoms with Gasteiger partial charge in [0.1, 0.15) is 5.82 Å². The number of hydrogen-bond donors (Lipinski definition) is 1. The monoisotopic (exact) mass is 316 g/mol. The largest absolute Gasteiger partial charge is 0.382 e. The van der Waals surface area contributed by atoms with Gasteiger partial charge < -0.3 is 10.1 Å². The van der Waals surface area contributed by atoms with E-state index in [4.69, 9.17) is 4.74 Å². The molecular weight excluding hydrogens is 299 g/mol. The number of rotatable bonds is 4. The fraction of sp³-hybridized carbons (Fsp3) is 0.538. The van der Waals surface area contributed by atoms with Gasteiger partial charge in [-0.1, -0.05) is 6.92 Å². The summed E-state index contributed by atoms with van der Waals surface area (Å²) >= 11 is 3.18. The van der Waals surface area contributed by atoms with E-state index in [1.807, 2.05) is 0 Å². The maximum Gasteiger partial charge on any atom is 0.137 e. The summed E-state index contributed by atoms with van der Waals surface area (Å²) in [5, 5.41) is 3.28. The highest BCUT2D eigenvalue weighted by molar-refractivity contribution is 9.10. The van der Waals surface area contributed by atoms with Crippen molar-refractivity contribution in [3.05, 3.63) is 28.5 Å². The molecule has 2 rings (SSSR count). The number of morpholine rings is 1. The lowest BCUT2D eigenvalue weighted by Gasteiger charge is -2.32. The van der Waals surface area contributed by atoms with Gasteiger partial charge in [-0.3, -0.25) is 4.90 Å². The summed E-state index contributed by atoms with van der Waals surface area (Å²) in [7, 11) is 0. The number of likely N-dealkylation sites (N-methyl/N-ethyl adjacent to an activating group) is 1. The lowest BCUT2D eigenvalue weighted by molar-refractivity contribution is -0.0191. The number of ether oxygens (including phenoxy) is 1. The van der Waals surface area contributed by atoms with E-state index in [2.05, 4.69) is 33.1 Å². The first-order valence-corrected chi connectivity index (χ1v) is 7.01. The topological polar surface area (TPSA) is 24.5 Å². The van der Waals surface area contributed by atoms with Crippen LogP contribution >= 0.6 is 15.9 Å². The Labute approximate surface area is 115 Å². The van der Waals surface area contributed by atoms with Crippen molar-refractivity contribution < 1.29 is 9.13 Å². The molecule has 1 aliphatic heterocycles. The third-order valence-electron chi connectivity index (χ3n) is 3.12. The van der Waals surface area contributed by atoms with Gasteiger partial charge in [0.25, 0.3) is 0 Å². The van der Waals surface area contributed by atoms with E-state index in [-0.39, 0.29) is 11.9 Å². The van der Waals surface area contributed by atoms with Gasteiger partial charge in [-0.25, -0.2) is 4.39 Å². The van der Waals surface area contributed by atoms with Gasteiger partial charge in [-0.05, 0) is 40.7 Å². The van der Waals surface area contributed by atoms with Gasteiger partial charge >= 0.3 is 0 Å². The van der Waals surface area contributed by atoms with Gasteiger partial charge in [0, 0.05) is 25.3 Å². The molecule has 0 spiro atoms. The molecule has 1 unspecified atom stereocenters. The quantitative estimate of drug-likeness (QED) is 0.924. The molecule has 1 N–H and O–H groups in total. The van der Waals surface area contributed by atoms with Crippen LogP contribution in [0.1, 0.15) is 6.92 Å². The predicted molar refractivity (Wildman–Crippen MR) is 74.4 cm³/mol. The molecule has 1 fully saturated rings. The van der Waals surface area contributed by atoms with Crippen molar-refractivity contribution in [1.29, 1.82) is 0 Å². The lowest BCUT2D eigenvalue weighted by atomic mass is 10.2. The molecule has 0 amide bonds. The van der Waals surface area contributed by atoms with Crippen LogP contribution in [0, 0.1) is 5.82 Å². The van der Waals surface area contributed by atoms with Crippen LogP contribution in [0.4, 0.5) is 10.1 Å². The zero-order valence-electron chi connectivity index (χ0n) is 10.5. The highest BCUT2D eigenvalue weighted by Crippen LogP contribution is 2.20. The zero-order chi connectivity index (χ0) is 13.0. The fourth-order valence-corrected chi connectivity index (χ4v) is 2.41. The van der Waals surface area contributed by atoms with Gasteiger partial charge in [-0.2, -0.15) is 0 Å². The minimum Gasteiger partial charge on any atom is -0.382 e. The van der Waals surface area contributed by atoms with E-state index in [1.54, 1.807) is 12.1 Å². The van der Waals surface area contributed by atoms with Crippen LogP contribution in [0.3, 0.4) is 0 Å². The molecule has 1 aromatic carbocycles. The van der Waals surface area contributed by atoms with E-state index >= 15 is 0 Å². The normalized spacial score (nSPS) is 20.9. The van der Waals surface area contributed by atoms with Crippen LogP contribution in [0.25, 0.3) is 0 Å². The van der Waals surface area contributed by atoms with E-state index in [9.17, 15) is 4.39 Å². The average Bonchev–Trinajstić information content (AvgIpc) is 2.40. The summed E-state index contributed by atoms with van der Waals surface area (Å²) in [5.41, 5.74) is 0.903. The summed E-state index contributed by atoms with van der Waals surface area (Å²) in [6, 6.07) is 4.93. The number of benzene rings is 1. The number of nitrogens with one attached hydrogen (secondary N) is 1. The number of nitrogens with zero attached hydrogens (tertiary/aromatic N) is 1. The minimum atomic E-state index is -0.244. The molecule has 1 aliphatic rings. The highest BCUT2D eigenvalue weighted by Gasteiger charge is 2.18. The van der Waals surface area contributed by atoms with Crippen molar-refractivity contribution in [2.24, 2.45) is 0 Å². The second-order valence-corrected chi connectivity index (χ2v) is 5.25. The van der Waals surface area contributed by atoms with Gasteiger partial charge in [0.2, 0.25) is 0 Å². The molecule has 18 heavy (non-hydrogen) atoms. The Kier molecular flexibility index (Phi) is 4.97. The second-order valence-electron chi connectivity index (χ2n) is 4.40. The maximum absolute atomic E-state index is 13.1. The smallest absolute Gasteiger partial charge is 0.137 e. The number of hydrogen-bond acceptors (Lipinski definition) is 3. The third-order valence-corrected chi connectivity index (χ3v) is 3.73. The first-order valence-electron chi connectivity index (χ1n) is 6.22. The Morgan fingerprint density at radius 1 is 1.56 bits per heavy atom. The fourth-order valence-electron chi connectivity index (χ4n) is 2.03. The summed E-state index contributed by atoms with van der Waals surface area (Å²) in [6.45, 7) is 6.71. The standard InChI is InChI=1S/C13H18BrFN2O/c1-2-17-5-6-18-11(9-17)8-16-10-3-4-13(15)12(14)7-10/h3-4,7,11,16H,2,5-6,8-9H2,1H3. The highest BCUT2D eigenvalue weighted by atomic mass is 79.9. The zero-order valence-corrected chi connectivity index (χ0v) is 12.0.